The summed E-state index contributed by atoms with van der Waals surface area (Å²) in [5, 5.41) is 8.97. The van der Waals surface area contributed by atoms with Crippen LogP contribution in [0.3, 0.4) is 0 Å². The summed E-state index contributed by atoms with van der Waals surface area (Å²) >= 11 is 1.64. The highest BCUT2D eigenvalue weighted by atomic mass is 32.2. The van der Waals surface area contributed by atoms with Gasteiger partial charge in [0.2, 0.25) is 0 Å². The molecule has 2 nitrogen and oxygen atoms in total. The van der Waals surface area contributed by atoms with Crippen LogP contribution in [0.5, 0.6) is 0 Å². The van der Waals surface area contributed by atoms with Crippen molar-refractivity contribution in [1.29, 1.82) is 0 Å². The average Bonchev–Trinajstić information content (AvgIpc) is 2.23. The molecule has 0 aliphatic heterocycles. The molecule has 1 aromatic rings. The second-order valence-corrected chi connectivity index (χ2v) is 5.45. The number of carboxylic acid groups (broad SMARTS) is 1. The second-order valence-electron chi connectivity index (χ2n) is 4.34. The summed E-state index contributed by atoms with van der Waals surface area (Å²) in [5.74, 6) is 0.771. The van der Waals surface area contributed by atoms with Crippen LogP contribution >= 0.6 is 11.8 Å². The molecular weight excluding hydrogens is 239 g/mol. The fourth-order valence-corrected chi connectivity index (χ4v) is 2.63. The maximum atomic E-state index is 13.0. The molecule has 0 unspecified atom stereocenters. The van der Waals surface area contributed by atoms with Crippen LogP contribution in [0.4, 0.5) is 4.39 Å². The topological polar surface area (TPSA) is 37.3 Å². The third-order valence-electron chi connectivity index (χ3n) is 2.39. The predicted octanol–water partition coefficient (Wildman–Crippen LogP) is 3.80. The molecule has 0 bridgehead atoms. The van der Waals surface area contributed by atoms with Gasteiger partial charge in [-0.25, -0.2) is 9.18 Å². The van der Waals surface area contributed by atoms with Gasteiger partial charge in [-0.2, -0.15) is 11.8 Å². The van der Waals surface area contributed by atoms with Gasteiger partial charge < -0.3 is 5.11 Å². The second kappa shape index (κ2) is 6.64. The zero-order valence-electron chi connectivity index (χ0n) is 10.1. The monoisotopic (exact) mass is 256 g/mol. The maximum absolute atomic E-state index is 13.0. The van der Waals surface area contributed by atoms with Crippen LogP contribution < -0.4 is 0 Å². The van der Waals surface area contributed by atoms with Gasteiger partial charge >= 0.3 is 5.97 Å². The van der Waals surface area contributed by atoms with Gasteiger partial charge in [-0.05, 0) is 41.9 Å². The molecule has 0 aromatic heterocycles. The minimum atomic E-state index is -0.996. The van der Waals surface area contributed by atoms with Crippen LogP contribution in [0, 0.1) is 11.7 Å². The molecule has 0 atom stereocenters. The predicted molar refractivity (Wildman–Crippen MR) is 69.0 cm³/mol. The fourth-order valence-electron chi connectivity index (χ4n) is 1.39. The lowest BCUT2D eigenvalue weighted by atomic mass is 10.1. The Kier molecular flexibility index (Phi) is 5.48. The van der Waals surface area contributed by atoms with E-state index < -0.39 is 5.97 Å². The van der Waals surface area contributed by atoms with Gasteiger partial charge in [-0.1, -0.05) is 13.8 Å². The number of halogens is 1. The highest BCUT2D eigenvalue weighted by Crippen LogP contribution is 2.20. The molecule has 0 amide bonds. The molecule has 0 aliphatic rings. The Morgan fingerprint density at radius 3 is 2.76 bits per heavy atom. The van der Waals surface area contributed by atoms with E-state index in [9.17, 15) is 9.18 Å². The Morgan fingerprint density at radius 1 is 1.47 bits per heavy atom. The van der Waals surface area contributed by atoms with E-state index in [-0.39, 0.29) is 11.4 Å². The zero-order valence-corrected chi connectivity index (χ0v) is 10.9. The van der Waals surface area contributed by atoms with Crippen LogP contribution in [0.25, 0.3) is 0 Å². The van der Waals surface area contributed by atoms with Crippen LogP contribution in [-0.2, 0) is 5.75 Å². The summed E-state index contributed by atoms with van der Waals surface area (Å²) in [6.45, 7) is 4.29. The lowest BCUT2D eigenvalue weighted by Crippen LogP contribution is -2.02. The third kappa shape index (κ3) is 4.77. The van der Waals surface area contributed by atoms with Crippen LogP contribution in [0.15, 0.2) is 18.2 Å². The first-order valence-corrected chi connectivity index (χ1v) is 6.75. The smallest absolute Gasteiger partial charge is 0.335 e. The standard InChI is InChI=1S/C13H17FO2S/c1-9(2)5-6-17-8-10-7-11(14)3-4-12(10)13(15)16/h3-4,7,9H,5-6,8H2,1-2H3,(H,15,16). The van der Waals surface area contributed by atoms with Gasteiger partial charge in [0.05, 0.1) is 5.56 Å². The van der Waals surface area contributed by atoms with Crippen molar-refractivity contribution in [3.05, 3.63) is 35.1 Å². The Morgan fingerprint density at radius 2 is 2.18 bits per heavy atom. The van der Waals surface area contributed by atoms with Gasteiger partial charge in [0, 0.05) is 5.75 Å². The molecule has 1 rings (SSSR count). The minimum Gasteiger partial charge on any atom is -0.478 e. The summed E-state index contributed by atoms with van der Waals surface area (Å²) < 4.78 is 13.0. The summed E-state index contributed by atoms with van der Waals surface area (Å²) in [6, 6.07) is 3.83. The molecule has 0 aliphatic carbocycles. The fraction of sp³-hybridized carbons (Fsp3) is 0.462. The SMILES string of the molecule is CC(C)CCSCc1cc(F)ccc1C(=O)O. The van der Waals surface area contributed by atoms with E-state index in [1.54, 1.807) is 11.8 Å². The van der Waals surface area contributed by atoms with Crippen molar-refractivity contribution in [2.24, 2.45) is 5.92 Å². The van der Waals surface area contributed by atoms with Crippen molar-refractivity contribution < 1.29 is 14.3 Å². The van der Waals surface area contributed by atoms with Crippen molar-refractivity contribution in [2.45, 2.75) is 26.0 Å². The first-order chi connectivity index (χ1) is 8.00. The van der Waals surface area contributed by atoms with E-state index in [1.807, 2.05) is 0 Å². The summed E-state index contributed by atoms with van der Waals surface area (Å²) in [5.41, 5.74) is 0.759. The van der Waals surface area contributed by atoms with E-state index in [0.717, 1.165) is 12.2 Å². The van der Waals surface area contributed by atoms with Gasteiger partial charge in [0.1, 0.15) is 5.82 Å². The number of carbonyl (C=O) groups is 1. The van der Waals surface area contributed by atoms with Crippen molar-refractivity contribution in [1.82, 2.24) is 0 Å². The summed E-state index contributed by atoms with van der Waals surface area (Å²) in [7, 11) is 0. The Bertz CT molecular complexity index is 391. The Hall–Kier alpha value is -1.03. The quantitative estimate of drug-likeness (QED) is 0.786. The average molecular weight is 256 g/mol. The molecule has 0 radical (unpaired) electrons. The number of hydrogen-bond acceptors (Lipinski definition) is 2. The molecule has 4 heteroatoms. The van der Waals surface area contributed by atoms with E-state index in [4.69, 9.17) is 5.11 Å². The molecule has 0 saturated heterocycles. The first-order valence-electron chi connectivity index (χ1n) is 5.60. The molecule has 0 fully saturated rings. The number of benzene rings is 1. The number of rotatable bonds is 6. The van der Waals surface area contributed by atoms with Crippen molar-refractivity contribution in [2.75, 3.05) is 5.75 Å². The first kappa shape index (κ1) is 14.0. The Labute approximate surface area is 105 Å². The normalized spacial score (nSPS) is 10.8. The summed E-state index contributed by atoms with van der Waals surface area (Å²) in [4.78, 5) is 10.9. The lowest BCUT2D eigenvalue weighted by Gasteiger charge is -2.07. The molecule has 94 valence electrons. The van der Waals surface area contributed by atoms with Gasteiger partial charge in [-0.15, -0.1) is 0 Å². The highest BCUT2D eigenvalue weighted by Gasteiger charge is 2.10. The van der Waals surface area contributed by atoms with Gasteiger partial charge in [0.25, 0.3) is 0 Å². The largest absolute Gasteiger partial charge is 0.478 e. The Balaban J connectivity index is 2.62. The molecule has 0 heterocycles. The van der Waals surface area contributed by atoms with Crippen molar-refractivity contribution in [3.8, 4) is 0 Å². The molecule has 17 heavy (non-hydrogen) atoms. The van der Waals surface area contributed by atoms with Crippen LogP contribution in [0.2, 0.25) is 0 Å². The number of thioether (sulfide) groups is 1. The van der Waals surface area contributed by atoms with Crippen molar-refractivity contribution in [3.63, 3.8) is 0 Å². The van der Waals surface area contributed by atoms with Crippen LogP contribution in [-0.4, -0.2) is 16.8 Å². The maximum Gasteiger partial charge on any atom is 0.335 e. The van der Waals surface area contributed by atoms with Gasteiger partial charge in [0.15, 0.2) is 0 Å². The zero-order chi connectivity index (χ0) is 12.8. The van der Waals surface area contributed by atoms with E-state index in [0.29, 0.717) is 17.2 Å². The lowest BCUT2D eigenvalue weighted by molar-refractivity contribution is 0.0696. The van der Waals surface area contributed by atoms with Crippen LogP contribution in [0.1, 0.15) is 36.2 Å². The molecule has 1 aromatic carbocycles. The molecule has 1 N–H and O–H groups in total. The summed E-state index contributed by atoms with van der Waals surface area (Å²) in [6.07, 6.45) is 1.09. The number of aromatic carboxylic acids is 1. The van der Waals surface area contributed by atoms with E-state index >= 15 is 0 Å². The van der Waals surface area contributed by atoms with E-state index in [1.165, 1.54) is 18.2 Å². The van der Waals surface area contributed by atoms with Crippen molar-refractivity contribution >= 4 is 17.7 Å². The van der Waals surface area contributed by atoms with Gasteiger partial charge in [-0.3, -0.25) is 0 Å². The molecule has 0 saturated carbocycles. The molecular formula is C13H17FO2S. The molecule has 0 spiro atoms. The minimum absolute atomic E-state index is 0.198. The number of hydrogen-bond donors (Lipinski definition) is 1. The highest BCUT2D eigenvalue weighted by molar-refractivity contribution is 7.98. The van der Waals surface area contributed by atoms with E-state index in [2.05, 4.69) is 13.8 Å². The number of carboxylic acids is 1. The third-order valence-corrected chi connectivity index (χ3v) is 3.43.